The van der Waals surface area contributed by atoms with E-state index in [9.17, 15) is 9.18 Å². The van der Waals surface area contributed by atoms with Crippen LogP contribution in [0.15, 0.2) is 18.2 Å². The summed E-state index contributed by atoms with van der Waals surface area (Å²) in [5.41, 5.74) is 0.553. The number of rotatable bonds is 3. The van der Waals surface area contributed by atoms with Gasteiger partial charge in [-0.2, -0.15) is 0 Å². The molecule has 19 heavy (non-hydrogen) atoms. The van der Waals surface area contributed by atoms with E-state index in [0.29, 0.717) is 18.8 Å². The van der Waals surface area contributed by atoms with E-state index in [-0.39, 0.29) is 17.0 Å². The number of methoxy groups -OCH3 is 1. The van der Waals surface area contributed by atoms with Gasteiger partial charge in [0, 0.05) is 17.5 Å². The van der Waals surface area contributed by atoms with E-state index in [2.05, 4.69) is 0 Å². The molecular formula is C15H20FNO2. The van der Waals surface area contributed by atoms with E-state index in [1.807, 2.05) is 18.7 Å². The maximum Gasteiger partial charge on any atom is 0.152 e. The maximum absolute atomic E-state index is 13.3. The lowest BCUT2D eigenvalue weighted by Crippen LogP contribution is -2.44. The number of piperidine rings is 1. The van der Waals surface area contributed by atoms with Crippen molar-refractivity contribution in [2.24, 2.45) is 5.41 Å². The molecule has 1 aliphatic rings. The fourth-order valence-corrected chi connectivity index (χ4v) is 2.32. The van der Waals surface area contributed by atoms with Gasteiger partial charge >= 0.3 is 0 Å². The molecule has 0 aromatic heterocycles. The van der Waals surface area contributed by atoms with Gasteiger partial charge in [-0.1, -0.05) is 13.8 Å². The Hall–Kier alpha value is -1.42. The summed E-state index contributed by atoms with van der Waals surface area (Å²) in [6.45, 7) is 5.78. The Balaban J connectivity index is 2.10. The minimum atomic E-state index is -0.278. The number of halogens is 1. The maximum atomic E-state index is 13.3. The molecule has 0 radical (unpaired) electrons. The van der Waals surface area contributed by atoms with E-state index < -0.39 is 0 Å². The Morgan fingerprint density at radius 3 is 2.79 bits per heavy atom. The van der Waals surface area contributed by atoms with Gasteiger partial charge in [-0.25, -0.2) is 4.39 Å². The number of likely N-dealkylation sites (tertiary alicyclic amines) is 1. The van der Waals surface area contributed by atoms with Crippen LogP contribution in [-0.4, -0.2) is 30.9 Å². The highest BCUT2D eigenvalue weighted by atomic mass is 19.1. The molecule has 3 nitrogen and oxygen atoms in total. The van der Waals surface area contributed by atoms with Crippen molar-refractivity contribution in [1.29, 1.82) is 0 Å². The van der Waals surface area contributed by atoms with Gasteiger partial charge in [0.25, 0.3) is 0 Å². The van der Waals surface area contributed by atoms with Crippen LogP contribution in [0, 0.1) is 11.2 Å². The molecule has 0 spiro atoms. The number of hydrogen-bond donors (Lipinski definition) is 0. The number of ketones is 1. The molecule has 1 aromatic rings. The number of hydrogen-bond acceptors (Lipinski definition) is 3. The Bertz CT molecular complexity index is 485. The van der Waals surface area contributed by atoms with Crippen LogP contribution in [0.1, 0.15) is 25.8 Å². The number of ether oxygens (including phenoxy) is 1. The zero-order valence-corrected chi connectivity index (χ0v) is 11.7. The molecule has 1 fully saturated rings. The lowest BCUT2D eigenvalue weighted by molar-refractivity contribution is -0.132. The second kappa shape index (κ2) is 5.29. The molecule has 0 bridgehead atoms. The molecule has 1 saturated heterocycles. The van der Waals surface area contributed by atoms with Crippen molar-refractivity contribution in [3.8, 4) is 5.75 Å². The molecule has 4 heteroatoms. The van der Waals surface area contributed by atoms with Crippen LogP contribution in [0.4, 0.5) is 4.39 Å². The Labute approximate surface area is 113 Å². The van der Waals surface area contributed by atoms with Crippen molar-refractivity contribution in [2.75, 3.05) is 20.2 Å². The standard InChI is InChI=1S/C15H20FNO2/c1-15(2)6-7-17(10-14(15)18)9-11-8-12(16)4-5-13(11)19-3/h4-5,8H,6-7,9-10H2,1-3H3. The molecular weight excluding hydrogens is 245 g/mol. The van der Waals surface area contributed by atoms with Crippen molar-refractivity contribution in [3.05, 3.63) is 29.6 Å². The molecule has 0 atom stereocenters. The predicted molar refractivity (Wildman–Crippen MR) is 71.6 cm³/mol. The van der Waals surface area contributed by atoms with Crippen molar-refractivity contribution < 1.29 is 13.9 Å². The van der Waals surface area contributed by atoms with Gasteiger partial charge in [0.1, 0.15) is 11.6 Å². The van der Waals surface area contributed by atoms with Crippen LogP contribution >= 0.6 is 0 Å². The fraction of sp³-hybridized carbons (Fsp3) is 0.533. The first-order valence-electron chi connectivity index (χ1n) is 6.50. The van der Waals surface area contributed by atoms with Gasteiger partial charge in [0.05, 0.1) is 13.7 Å². The minimum absolute atomic E-state index is 0.234. The number of carbonyl (C=O) groups excluding carboxylic acids is 1. The SMILES string of the molecule is COc1ccc(F)cc1CN1CCC(C)(C)C(=O)C1. The second-order valence-corrected chi connectivity index (χ2v) is 5.72. The summed E-state index contributed by atoms with van der Waals surface area (Å²) < 4.78 is 18.5. The van der Waals surface area contributed by atoms with Crippen LogP contribution < -0.4 is 4.74 Å². The first-order valence-corrected chi connectivity index (χ1v) is 6.50. The monoisotopic (exact) mass is 265 g/mol. The van der Waals surface area contributed by atoms with Crippen LogP contribution in [-0.2, 0) is 11.3 Å². The first-order chi connectivity index (χ1) is 8.92. The lowest BCUT2D eigenvalue weighted by Gasteiger charge is -2.35. The third kappa shape index (κ3) is 3.13. The summed E-state index contributed by atoms with van der Waals surface area (Å²) in [6.07, 6.45) is 0.837. The van der Waals surface area contributed by atoms with Gasteiger partial charge < -0.3 is 4.74 Å². The highest BCUT2D eigenvalue weighted by Gasteiger charge is 2.33. The largest absolute Gasteiger partial charge is 0.496 e. The van der Waals surface area contributed by atoms with Crippen molar-refractivity contribution in [2.45, 2.75) is 26.8 Å². The van der Waals surface area contributed by atoms with Crippen molar-refractivity contribution >= 4 is 5.78 Å². The molecule has 0 saturated carbocycles. The third-order valence-electron chi connectivity index (χ3n) is 3.81. The quantitative estimate of drug-likeness (QED) is 0.841. The Morgan fingerprint density at radius 1 is 1.42 bits per heavy atom. The topological polar surface area (TPSA) is 29.5 Å². The van der Waals surface area contributed by atoms with Gasteiger partial charge in [-0.3, -0.25) is 9.69 Å². The van der Waals surface area contributed by atoms with E-state index in [1.165, 1.54) is 12.1 Å². The van der Waals surface area contributed by atoms with Gasteiger partial charge in [-0.15, -0.1) is 0 Å². The highest BCUT2D eigenvalue weighted by molar-refractivity contribution is 5.86. The average molecular weight is 265 g/mol. The minimum Gasteiger partial charge on any atom is -0.496 e. The van der Waals surface area contributed by atoms with E-state index in [1.54, 1.807) is 13.2 Å². The van der Waals surface area contributed by atoms with Crippen LogP contribution in [0.25, 0.3) is 0 Å². The summed E-state index contributed by atoms with van der Waals surface area (Å²) in [7, 11) is 1.57. The Kier molecular flexibility index (Phi) is 3.90. The van der Waals surface area contributed by atoms with Gasteiger partial charge in [0.2, 0.25) is 0 Å². The molecule has 1 aliphatic heterocycles. The molecule has 1 aromatic carbocycles. The molecule has 104 valence electrons. The summed E-state index contributed by atoms with van der Waals surface area (Å²) in [4.78, 5) is 14.0. The molecule has 1 heterocycles. The van der Waals surface area contributed by atoms with Crippen molar-refractivity contribution in [3.63, 3.8) is 0 Å². The number of Topliss-reactive ketones (excluding diaryl/α,β-unsaturated/α-hetero) is 1. The second-order valence-electron chi connectivity index (χ2n) is 5.72. The summed E-state index contributed by atoms with van der Waals surface area (Å²) in [6, 6.07) is 4.48. The zero-order chi connectivity index (χ0) is 14.0. The number of nitrogens with zero attached hydrogens (tertiary/aromatic N) is 1. The van der Waals surface area contributed by atoms with E-state index in [4.69, 9.17) is 4.74 Å². The normalized spacial score (nSPS) is 19.5. The smallest absolute Gasteiger partial charge is 0.152 e. The summed E-state index contributed by atoms with van der Waals surface area (Å²) in [5, 5.41) is 0. The number of carbonyl (C=O) groups is 1. The lowest BCUT2D eigenvalue weighted by atomic mass is 9.81. The molecule has 0 N–H and O–H groups in total. The molecule has 0 unspecified atom stereocenters. The van der Waals surface area contributed by atoms with Gasteiger partial charge in [0.15, 0.2) is 5.78 Å². The van der Waals surface area contributed by atoms with Crippen LogP contribution in [0.3, 0.4) is 0 Å². The highest BCUT2D eigenvalue weighted by Crippen LogP contribution is 2.29. The van der Waals surface area contributed by atoms with E-state index in [0.717, 1.165) is 18.5 Å². The summed E-state index contributed by atoms with van der Waals surface area (Å²) >= 11 is 0. The predicted octanol–water partition coefficient (Wildman–Crippen LogP) is 2.64. The average Bonchev–Trinajstić information content (AvgIpc) is 2.35. The molecule has 0 aliphatic carbocycles. The Morgan fingerprint density at radius 2 is 2.16 bits per heavy atom. The molecule has 0 amide bonds. The third-order valence-corrected chi connectivity index (χ3v) is 3.81. The molecule has 2 rings (SSSR count). The number of benzene rings is 1. The van der Waals surface area contributed by atoms with Crippen LogP contribution in [0.5, 0.6) is 5.75 Å². The van der Waals surface area contributed by atoms with Crippen LogP contribution in [0.2, 0.25) is 0 Å². The summed E-state index contributed by atoms with van der Waals surface area (Å²) in [5.74, 6) is 0.632. The fourth-order valence-electron chi connectivity index (χ4n) is 2.32. The first kappa shape index (κ1) is 14.0. The van der Waals surface area contributed by atoms with Crippen molar-refractivity contribution in [1.82, 2.24) is 4.90 Å². The van der Waals surface area contributed by atoms with Gasteiger partial charge in [-0.05, 0) is 31.2 Å². The van der Waals surface area contributed by atoms with E-state index >= 15 is 0 Å². The zero-order valence-electron chi connectivity index (χ0n) is 11.7.